The minimum Gasteiger partial charge on any atom is -0.355 e. The van der Waals surface area contributed by atoms with Crippen molar-refractivity contribution in [1.29, 1.82) is 0 Å². The maximum absolute atomic E-state index is 4.92. The van der Waals surface area contributed by atoms with Crippen LogP contribution >= 0.6 is 0 Å². The van der Waals surface area contributed by atoms with E-state index in [1.807, 2.05) is 17.9 Å². The fourth-order valence-corrected chi connectivity index (χ4v) is 3.76. The number of rotatable bonds is 4. The molecule has 0 amide bonds. The maximum Gasteiger partial charge on any atom is 0.134 e. The summed E-state index contributed by atoms with van der Waals surface area (Å²) in [5.41, 5.74) is 2.39. The number of hydrogen-bond donors (Lipinski definition) is 0. The summed E-state index contributed by atoms with van der Waals surface area (Å²) in [7, 11) is 1.98. The van der Waals surface area contributed by atoms with Crippen molar-refractivity contribution in [2.24, 2.45) is 7.05 Å². The highest BCUT2D eigenvalue weighted by molar-refractivity contribution is 5.40. The van der Waals surface area contributed by atoms with E-state index in [0.717, 1.165) is 50.1 Å². The van der Waals surface area contributed by atoms with Crippen molar-refractivity contribution in [3.63, 3.8) is 0 Å². The Hall–Kier alpha value is -1.95. The lowest BCUT2D eigenvalue weighted by Crippen LogP contribution is -2.31. The number of aromatic nitrogens is 4. The Balaban J connectivity index is 1.42. The van der Waals surface area contributed by atoms with Crippen molar-refractivity contribution in [2.75, 3.05) is 31.1 Å². The molecule has 1 saturated carbocycles. The zero-order chi connectivity index (χ0) is 17.2. The van der Waals surface area contributed by atoms with Crippen LogP contribution in [0.1, 0.15) is 48.7 Å². The van der Waals surface area contributed by atoms with Crippen LogP contribution in [-0.2, 0) is 13.6 Å². The van der Waals surface area contributed by atoms with Gasteiger partial charge in [-0.3, -0.25) is 9.58 Å². The summed E-state index contributed by atoms with van der Waals surface area (Å²) in [4.78, 5) is 14.6. The van der Waals surface area contributed by atoms with Crippen LogP contribution < -0.4 is 4.90 Å². The predicted octanol–water partition coefficient (Wildman–Crippen LogP) is 2.50. The molecule has 4 rings (SSSR count). The molecule has 25 heavy (non-hydrogen) atoms. The van der Waals surface area contributed by atoms with Gasteiger partial charge in [0.2, 0.25) is 0 Å². The second kappa shape index (κ2) is 7.12. The molecule has 6 nitrogen and oxygen atoms in total. The van der Waals surface area contributed by atoms with Crippen LogP contribution in [0.25, 0.3) is 0 Å². The van der Waals surface area contributed by atoms with Crippen molar-refractivity contribution in [3.05, 3.63) is 35.5 Å². The smallest absolute Gasteiger partial charge is 0.134 e. The molecular formula is C19H28N6. The summed E-state index contributed by atoms with van der Waals surface area (Å²) in [5, 5.41) is 4.28. The molecule has 1 aliphatic heterocycles. The summed E-state index contributed by atoms with van der Waals surface area (Å²) < 4.78 is 1.88. The van der Waals surface area contributed by atoms with E-state index in [2.05, 4.69) is 39.1 Å². The molecule has 1 saturated heterocycles. The van der Waals surface area contributed by atoms with Crippen LogP contribution in [0.4, 0.5) is 5.82 Å². The van der Waals surface area contributed by atoms with Gasteiger partial charge in [0.1, 0.15) is 11.6 Å². The van der Waals surface area contributed by atoms with Crippen LogP contribution in [0.2, 0.25) is 0 Å². The number of anilines is 1. The molecule has 0 spiro atoms. The molecule has 2 aromatic rings. The molecule has 0 unspecified atom stereocenters. The van der Waals surface area contributed by atoms with Gasteiger partial charge in [0, 0.05) is 69.2 Å². The van der Waals surface area contributed by atoms with Crippen LogP contribution in [-0.4, -0.2) is 50.8 Å². The largest absolute Gasteiger partial charge is 0.355 e. The van der Waals surface area contributed by atoms with Gasteiger partial charge < -0.3 is 4.90 Å². The van der Waals surface area contributed by atoms with Gasteiger partial charge in [-0.2, -0.15) is 5.10 Å². The second-order valence-electron chi connectivity index (χ2n) is 7.49. The molecule has 3 heterocycles. The third-order valence-corrected chi connectivity index (χ3v) is 5.41. The van der Waals surface area contributed by atoms with Gasteiger partial charge in [-0.15, -0.1) is 0 Å². The molecule has 134 valence electrons. The first-order valence-electron chi connectivity index (χ1n) is 9.48. The molecule has 1 aliphatic carbocycles. The Labute approximate surface area is 149 Å². The first kappa shape index (κ1) is 16.5. The average Bonchev–Trinajstić information content (AvgIpc) is 2.79. The zero-order valence-corrected chi connectivity index (χ0v) is 15.4. The van der Waals surface area contributed by atoms with E-state index in [4.69, 9.17) is 4.98 Å². The summed E-state index contributed by atoms with van der Waals surface area (Å²) in [5.74, 6) is 2.78. The Morgan fingerprint density at radius 3 is 2.68 bits per heavy atom. The lowest BCUT2D eigenvalue weighted by atomic mass is 9.85. The van der Waals surface area contributed by atoms with Crippen LogP contribution in [0.5, 0.6) is 0 Å². The van der Waals surface area contributed by atoms with Gasteiger partial charge in [0.25, 0.3) is 0 Å². The summed E-state index contributed by atoms with van der Waals surface area (Å²) in [6.45, 7) is 7.38. The number of nitrogens with zero attached hydrogens (tertiary/aromatic N) is 6. The average molecular weight is 340 g/mol. The van der Waals surface area contributed by atoms with Crippen molar-refractivity contribution < 1.29 is 0 Å². The topological polar surface area (TPSA) is 50.1 Å². The first-order valence-corrected chi connectivity index (χ1v) is 9.48. The van der Waals surface area contributed by atoms with E-state index >= 15 is 0 Å². The third kappa shape index (κ3) is 3.84. The quantitative estimate of drug-likeness (QED) is 0.856. The van der Waals surface area contributed by atoms with Gasteiger partial charge in [-0.05, 0) is 26.2 Å². The minimum absolute atomic E-state index is 0.590. The van der Waals surface area contributed by atoms with E-state index in [1.165, 1.54) is 31.2 Å². The van der Waals surface area contributed by atoms with Crippen LogP contribution in [0, 0.1) is 6.92 Å². The highest BCUT2D eigenvalue weighted by atomic mass is 15.3. The molecule has 0 bridgehead atoms. The Morgan fingerprint density at radius 2 is 1.96 bits per heavy atom. The Morgan fingerprint density at radius 1 is 1.08 bits per heavy atom. The second-order valence-corrected chi connectivity index (χ2v) is 7.49. The van der Waals surface area contributed by atoms with E-state index < -0.39 is 0 Å². The Bertz CT molecular complexity index is 720. The van der Waals surface area contributed by atoms with Gasteiger partial charge in [-0.25, -0.2) is 9.97 Å². The van der Waals surface area contributed by atoms with E-state index in [-0.39, 0.29) is 0 Å². The number of aryl methyl sites for hydroxylation is 2. The molecular weight excluding hydrogens is 312 g/mol. The minimum atomic E-state index is 0.590. The summed E-state index contributed by atoms with van der Waals surface area (Å²) in [6.07, 6.45) is 9.08. The molecule has 2 aromatic heterocycles. The fraction of sp³-hybridized carbons (Fsp3) is 0.632. The third-order valence-electron chi connectivity index (χ3n) is 5.41. The Kier molecular flexibility index (Phi) is 4.70. The van der Waals surface area contributed by atoms with Crippen LogP contribution in [0.15, 0.2) is 18.5 Å². The first-order chi connectivity index (χ1) is 12.2. The van der Waals surface area contributed by atoms with E-state index in [0.29, 0.717) is 5.92 Å². The monoisotopic (exact) mass is 340 g/mol. The molecule has 2 fully saturated rings. The predicted molar refractivity (Wildman–Crippen MR) is 98.7 cm³/mol. The highest BCUT2D eigenvalue weighted by Gasteiger charge is 2.24. The van der Waals surface area contributed by atoms with E-state index in [9.17, 15) is 0 Å². The van der Waals surface area contributed by atoms with Gasteiger partial charge in [0.05, 0.1) is 6.20 Å². The van der Waals surface area contributed by atoms with Gasteiger partial charge in [0.15, 0.2) is 0 Å². The maximum atomic E-state index is 4.92. The highest BCUT2D eigenvalue weighted by Crippen LogP contribution is 2.35. The molecule has 0 N–H and O–H groups in total. The molecule has 0 radical (unpaired) electrons. The molecule has 6 heteroatoms. The van der Waals surface area contributed by atoms with Crippen LogP contribution in [0.3, 0.4) is 0 Å². The van der Waals surface area contributed by atoms with Gasteiger partial charge in [-0.1, -0.05) is 6.42 Å². The van der Waals surface area contributed by atoms with Crippen molar-refractivity contribution in [1.82, 2.24) is 24.6 Å². The van der Waals surface area contributed by atoms with Crippen molar-refractivity contribution in [3.8, 4) is 0 Å². The lowest BCUT2D eigenvalue weighted by molar-refractivity contribution is 0.285. The molecule has 0 atom stereocenters. The standard InChI is InChI=1S/C19H28N6/c1-15-11-18(22-19(21-15)17-5-3-6-17)25-8-4-7-24(9-10-25)14-16-12-20-23(2)13-16/h11-13,17H,3-10,14H2,1-2H3. The SMILES string of the molecule is Cc1cc(N2CCCN(Cc3cnn(C)c3)CC2)nc(C2CCC2)n1. The fourth-order valence-electron chi connectivity index (χ4n) is 3.76. The summed E-state index contributed by atoms with van der Waals surface area (Å²) in [6, 6.07) is 2.15. The summed E-state index contributed by atoms with van der Waals surface area (Å²) >= 11 is 0. The zero-order valence-electron chi connectivity index (χ0n) is 15.4. The van der Waals surface area contributed by atoms with Gasteiger partial charge >= 0.3 is 0 Å². The van der Waals surface area contributed by atoms with Crippen molar-refractivity contribution >= 4 is 5.82 Å². The molecule has 2 aliphatic rings. The lowest BCUT2D eigenvalue weighted by Gasteiger charge is -2.27. The van der Waals surface area contributed by atoms with Crippen molar-refractivity contribution in [2.45, 2.75) is 45.1 Å². The normalized spacial score (nSPS) is 19.7. The number of hydrogen-bond acceptors (Lipinski definition) is 5. The van der Waals surface area contributed by atoms with E-state index in [1.54, 1.807) is 0 Å². The molecule has 0 aromatic carbocycles.